The monoisotopic (exact) mass is 264 g/mol. The van der Waals surface area contributed by atoms with Crippen LogP contribution in [0.3, 0.4) is 0 Å². The summed E-state index contributed by atoms with van der Waals surface area (Å²) in [5.41, 5.74) is 1.78. The summed E-state index contributed by atoms with van der Waals surface area (Å²) < 4.78 is 25.6. The lowest BCUT2D eigenvalue weighted by Crippen LogP contribution is -2.25. The van der Waals surface area contributed by atoms with Gasteiger partial charge in [-0.1, -0.05) is 25.1 Å². The van der Waals surface area contributed by atoms with Crippen molar-refractivity contribution in [1.82, 2.24) is 9.71 Å². The number of aromatic nitrogens is 1. The average Bonchev–Trinajstić information content (AvgIpc) is 2.36. The second kappa shape index (κ2) is 5.46. The summed E-state index contributed by atoms with van der Waals surface area (Å²) in [4.78, 5) is 4.29. The summed E-state index contributed by atoms with van der Waals surface area (Å²) in [6, 6.07) is 9.72. The van der Waals surface area contributed by atoms with Crippen LogP contribution in [-0.2, 0) is 16.6 Å². The molecular formula is C13H16N2O2S. The lowest BCUT2D eigenvalue weighted by Gasteiger charge is -2.06. The van der Waals surface area contributed by atoms with Gasteiger partial charge in [0, 0.05) is 18.1 Å². The molecule has 1 heterocycles. The zero-order valence-corrected chi connectivity index (χ0v) is 11.1. The topological polar surface area (TPSA) is 59.1 Å². The third kappa shape index (κ3) is 3.27. The summed E-state index contributed by atoms with van der Waals surface area (Å²) in [7, 11) is -3.16. The molecule has 0 bridgehead atoms. The fourth-order valence-electron chi connectivity index (χ4n) is 1.75. The second-order valence-corrected chi connectivity index (χ2v) is 6.10. The van der Waals surface area contributed by atoms with E-state index in [-0.39, 0.29) is 5.75 Å². The van der Waals surface area contributed by atoms with E-state index < -0.39 is 10.0 Å². The van der Waals surface area contributed by atoms with Gasteiger partial charge in [-0.15, -0.1) is 0 Å². The zero-order chi connectivity index (χ0) is 13.0. The predicted molar refractivity (Wildman–Crippen MR) is 72.7 cm³/mol. The van der Waals surface area contributed by atoms with Crippen LogP contribution in [0, 0.1) is 0 Å². The van der Waals surface area contributed by atoms with Gasteiger partial charge in [0.25, 0.3) is 0 Å². The third-order valence-electron chi connectivity index (χ3n) is 2.62. The maximum atomic E-state index is 11.5. The molecule has 0 atom stereocenters. The first-order valence-corrected chi connectivity index (χ1v) is 7.57. The van der Waals surface area contributed by atoms with Gasteiger partial charge in [-0.25, -0.2) is 13.1 Å². The maximum absolute atomic E-state index is 11.5. The summed E-state index contributed by atoms with van der Waals surface area (Å²) in [5, 5.41) is 1.02. The van der Waals surface area contributed by atoms with Crippen LogP contribution in [0.5, 0.6) is 0 Å². The first-order chi connectivity index (χ1) is 8.61. The van der Waals surface area contributed by atoms with Crippen LogP contribution in [0.4, 0.5) is 0 Å². The lowest BCUT2D eigenvalue weighted by atomic mass is 10.2. The minimum absolute atomic E-state index is 0.161. The molecule has 5 heteroatoms. The van der Waals surface area contributed by atoms with Crippen molar-refractivity contribution in [2.24, 2.45) is 0 Å². The molecule has 18 heavy (non-hydrogen) atoms. The van der Waals surface area contributed by atoms with Crippen LogP contribution in [0.15, 0.2) is 36.5 Å². The molecule has 0 aliphatic rings. The highest BCUT2D eigenvalue weighted by molar-refractivity contribution is 7.89. The van der Waals surface area contributed by atoms with E-state index >= 15 is 0 Å². The number of hydrogen-bond acceptors (Lipinski definition) is 3. The van der Waals surface area contributed by atoms with Crippen molar-refractivity contribution in [3.8, 4) is 0 Å². The van der Waals surface area contributed by atoms with E-state index in [2.05, 4.69) is 9.71 Å². The maximum Gasteiger partial charge on any atom is 0.211 e. The van der Waals surface area contributed by atoms with Crippen LogP contribution in [-0.4, -0.2) is 19.2 Å². The summed E-state index contributed by atoms with van der Waals surface area (Å²) in [6.45, 7) is 2.14. The van der Waals surface area contributed by atoms with Gasteiger partial charge in [0.1, 0.15) is 0 Å². The van der Waals surface area contributed by atoms with Crippen molar-refractivity contribution >= 4 is 20.9 Å². The second-order valence-electron chi connectivity index (χ2n) is 4.18. The smallest absolute Gasteiger partial charge is 0.211 e. The van der Waals surface area contributed by atoms with Crippen molar-refractivity contribution in [3.05, 3.63) is 42.1 Å². The molecule has 0 spiro atoms. The number of rotatable bonds is 5. The third-order valence-corrected chi connectivity index (χ3v) is 4.15. The molecule has 1 aromatic carbocycles. The molecule has 96 valence electrons. The van der Waals surface area contributed by atoms with E-state index in [0.29, 0.717) is 13.0 Å². The Bertz CT molecular complexity index is 638. The van der Waals surface area contributed by atoms with Gasteiger partial charge in [0.05, 0.1) is 11.3 Å². The highest BCUT2D eigenvalue weighted by atomic mass is 32.2. The number of fused-ring (bicyclic) bond motifs is 1. The molecule has 0 amide bonds. The SMILES string of the molecule is CCCS(=O)(=O)NCc1cnc2ccccc2c1. The van der Waals surface area contributed by atoms with Crippen LogP contribution >= 0.6 is 0 Å². The van der Waals surface area contributed by atoms with Gasteiger partial charge in [-0.2, -0.15) is 0 Å². The first-order valence-electron chi connectivity index (χ1n) is 5.92. The Labute approximate surface area is 107 Å². The molecule has 0 aliphatic carbocycles. The van der Waals surface area contributed by atoms with Crippen LogP contribution in [0.1, 0.15) is 18.9 Å². The fourth-order valence-corrected chi connectivity index (χ4v) is 2.82. The molecule has 1 N–H and O–H groups in total. The highest BCUT2D eigenvalue weighted by Gasteiger charge is 2.08. The molecule has 2 aromatic rings. The lowest BCUT2D eigenvalue weighted by molar-refractivity contribution is 0.580. The van der Waals surface area contributed by atoms with Gasteiger partial charge in [0.15, 0.2) is 0 Å². The number of pyridine rings is 1. The minimum atomic E-state index is -3.16. The quantitative estimate of drug-likeness (QED) is 0.899. The van der Waals surface area contributed by atoms with Crippen molar-refractivity contribution in [2.45, 2.75) is 19.9 Å². The standard InChI is InChI=1S/C13H16N2O2S/c1-2-7-18(16,17)15-10-11-8-12-5-3-4-6-13(12)14-9-11/h3-6,8-9,15H,2,7,10H2,1H3. The molecule has 0 saturated heterocycles. The van der Waals surface area contributed by atoms with Gasteiger partial charge >= 0.3 is 0 Å². The van der Waals surface area contributed by atoms with Crippen LogP contribution < -0.4 is 4.72 Å². The van der Waals surface area contributed by atoms with E-state index in [0.717, 1.165) is 16.5 Å². The van der Waals surface area contributed by atoms with Gasteiger partial charge in [-0.05, 0) is 24.1 Å². The molecule has 0 aliphatic heterocycles. The van der Waals surface area contributed by atoms with Crippen molar-refractivity contribution in [2.75, 3.05) is 5.75 Å². The van der Waals surface area contributed by atoms with Gasteiger partial charge in [-0.3, -0.25) is 4.98 Å². The zero-order valence-electron chi connectivity index (χ0n) is 10.3. The number of nitrogens with one attached hydrogen (secondary N) is 1. The fraction of sp³-hybridized carbons (Fsp3) is 0.308. The molecule has 0 unspecified atom stereocenters. The minimum Gasteiger partial charge on any atom is -0.256 e. The molecule has 2 rings (SSSR count). The van der Waals surface area contributed by atoms with Crippen molar-refractivity contribution < 1.29 is 8.42 Å². The number of nitrogens with zero attached hydrogens (tertiary/aromatic N) is 1. The summed E-state index contributed by atoms with van der Waals surface area (Å²) >= 11 is 0. The van der Waals surface area contributed by atoms with E-state index in [1.807, 2.05) is 37.3 Å². The Morgan fingerprint density at radius 1 is 1.28 bits per heavy atom. The number of para-hydroxylation sites is 1. The number of hydrogen-bond donors (Lipinski definition) is 1. The van der Waals surface area contributed by atoms with E-state index in [1.54, 1.807) is 6.20 Å². The number of sulfonamides is 1. The average molecular weight is 264 g/mol. The van der Waals surface area contributed by atoms with E-state index in [9.17, 15) is 8.42 Å². The van der Waals surface area contributed by atoms with E-state index in [1.165, 1.54) is 0 Å². The van der Waals surface area contributed by atoms with Crippen molar-refractivity contribution in [3.63, 3.8) is 0 Å². The molecule has 4 nitrogen and oxygen atoms in total. The first kappa shape index (κ1) is 13.0. The van der Waals surface area contributed by atoms with Gasteiger partial charge < -0.3 is 0 Å². The molecule has 1 aromatic heterocycles. The molecular weight excluding hydrogens is 248 g/mol. The molecule has 0 radical (unpaired) electrons. The van der Waals surface area contributed by atoms with Crippen LogP contribution in [0.25, 0.3) is 10.9 Å². The Hall–Kier alpha value is -1.46. The normalized spacial score (nSPS) is 11.8. The summed E-state index contributed by atoms with van der Waals surface area (Å²) in [5.74, 6) is 0.161. The van der Waals surface area contributed by atoms with E-state index in [4.69, 9.17) is 0 Å². The number of benzene rings is 1. The summed E-state index contributed by atoms with van der Waals surface area (Å²) in [6.07, 6.45) is 2.32. The highest BCUT2D eigenvalue weighted by Crippen LogP contribution is 2.12. The molecule has 0 fully saturated rings. The predicted octanol–water partition coefficient (Wildman–Crippen LogP) is 2.06. The molecule has 0 saturated carbocycles. The van der Waals surface area contributed by atoms with Gasteiger partial charge in [0.2, 0.25) is 10.0 Å². The Morgan fingerprint density at radius 3 is 2.83 bits per heavy atom. The largest absolute Gasteiger partial charge is 0.256 e. The Balaban J connectivity index is 2.13. The van der Waals surface area contributed by atoms with Crippen molar-refractivity contribution in [1.29, 1.82) is 0 Å². The van der Waals surface area contributed by atoms with Crippen LogP contribution in [0.2, 0.25) is 0 Å². The Kier molecular flexibility index (Phi) is 3.93. The Morgan fingerprint density at radius 2 is 2.06 bits per heavy atom.